The summed E-state index contributed by atoms with van der Waals surface area (Å²) in [5.74, 6) is 1.02. The Morgan fingerprint density at radius 2 is 2.00 bits per heavy atom. The highest BCUT2D eigenvalue weighted by Gasteiger charge is 2.29. The maximum absolute atomic E-state index is 11.9. The average Bonchev–Trinajstić information content (AvgIpc) is 3.23. The third kappa shape index (κ3) is 5.74. The highest BCUT2D eigenvalue weighted by atomic mass is 32.2. The van der Waals surface area contributed by atoms with Gasteiger partial charge in [-0.2, -0.15) is 11.8 Å². The summed E-state index contributed by atoms with van der Waals surface area (Å²) in [6.45, 7) is 2.36. The Balaban J connectivity index is 1.67. The molecule has 0 amide bonds. The second-order valence-corrected chi connectivity index (χ2v) is 7.07. The van der Waals surface area contributed by atoms with Crippen LogP contribution in [0.15, 0.2) is 0 Å². The van der Waals surface area contributed by atoms with Crippen molar-refractivity contribution in [3.8, 4) is 0 Å². The molecule has 0 heterocycles. The monoisotopic (exact) mass is 285 g/mol. The zero-order valence-electron chi connectivity index (χ0n) is 12.0. The Bertz CT molecular complexity index is 275. The van der Waals surface area contributed by atoms with Crippen molar-refractivity contribution < 1.29 is 9.53 Å². The maximum atomic E-state index is 11.9. The zero-order chi connectivity index (χ0) is 13.5. The Morgan fingerprint density at radius 3 is 2.63 bits per heavy atom. The molecule has 1 N–H and O–H groups in total. The van der Waals surface area contributed by atoms with Crippen LogP contribution >= 0.6 is 11.8 Å². The molecule has 0 aliphatic heterocycles. The van der Waals surface area contributed by atoms with Crippen molar-refractivity contribution in [2.24, 2.45) is 0 Å². The summed E-state index contributed by atoms with van der Waals surface area (Å²) in [6.07, 6.45) is 10.3. The fourth-order valence-corrected chi connectivity index (χ4v) is 4.00. The lowest BCUT2D eigenvalue weighted by atomic mass is 10.0. The van der Waals surface area contributed by atoms with Gasteiger partial charge in [0.1, 0.15) is 6.04 Å². The first-order chi connectivity index (χ1) is 9.29. The first-order valence-electron chi connectivity index (χ1n) is 7.84. The number of hydrogen-bond donors (Lipinski definition) is 1. The van der Waals surface area contributed by atoms with Gasteiger partial charge in [-0.1, -0.05) is 19.3 Å². The van der Waals surface area contributed by atoms with Crippen LogP contribution in [0.2, 0.25) is 0 Å². The van der Waals surface area contributed by atoms with Gasteiger partial charge in [-0.05, 0) is 44.8 Å². The van der Waals surface area contributed by atoms with Crippen LogP contribution in [-0.2, 0) is 9.53 Å². The van der Waals surface area contributed by atoms with E-state index < -0.39 is 0 Å². The first kappa shape index (κ1) is 15.2. The average molecular weight is 285 g/mol. The number of hydrogen-bond acceptors (Lipinski definition) is 4. The van der Waals surface area contributed by atoms with E-state index in [2.05, 4.69) is 17.1 Å². The molecule has 3 nitrogen and oxygen atoms in total. The SMILES string of the molecule is CCOC(=O)C(CCSC1CCCCC1)NC1CC1. The summed E-state index contributed by atoms with van der Waals surface area (Å²) in [5, 5.41) is 4.26. The van der Waals surface area contributed by atoms with Crippen LogP contribution in [-0.4, -0.2) is 35.7 Å². The normalized spacial score (nSPS) is 22.2. The number of carbonyl (C=O) groups is 1. The molecule has 0 saturated heterocycles. The van der Waals surface area contributed by atoms with Crippen molar-refractivity contribution in [2.45, 2.75) is 75.6 Å². The summed E-state index contributed by atoms with van der Waals surface area (Å²) in [4.78, 5) is 11.9. The van der Waals surface area contributed by atoms with Gasteiger partial charge in [0.25, 0.3) is 0 Å². The summed E-state index contributed by atoms with van der Waals surface area (Å²) >= 11 is 2.06. The number of thioether (sulfide) groups is 1. The van der Waals surface area contributed by atoms with E-state index in [4.69, 9.17) is 4.74 Å². The van der Waals surface area contributed by atoms with Crippen molar-refractivity contribution in [1.29, 1.82) is 0 Å². The molecule has 2 aliphatic rings. The van der Waals surface area contributed by atoms with E-state index in [1.807, 2.05) is 6.92 Å². The van der Waals surface area contributed by atoms with Gasteiger partial charge in [0.15, 0.2) is 0 Å². The predicted molar refractivity (Wildman–Crippen MR) is 80.5 cm³/mol. The van der Waals surface area contributed by atoms with Crippen LogP contribution in [0.5, 0.6) is 0 Å². The van der Waals surface area contributed by atoms with E-state index in [0.29, 0.717) is 12.6 Å². The molecule has 0 radical (unpaired) electrons. The molecule has 2 rings (SSSR count). The van der Waals surface area contributed by atoms with Gasteiger partial charge >= 0.3 is 5.97 Å². The van der Waals surface area contributed by atoms with Crippen molar-refractivity contribution in [3.63, 3.8) is 0 Å². The number of esters is 1. The molecule has 19 heavy (non-hydrogen) atoms. The number of carbonyl (C=O) groups excluding carboxylic acids is 1. The van der Waals surface area contributed by atoms with E-state index in [9.17, 15) is 4.79 Å². The predicted octanol–water partition coefficient (Wildman–Crippen LogP) is 3.13. The van der Waals surface area contributed by atoms with Gasteiger partial charge < -0.3 is 10.1 Å². The van der Waals surface area contributed by atoms with E-state index in [-0.39, 0.29) is 12.0 Å². The zero-order valence-corrected chi connectivity index (χ0v) is 12.8. The number of ether oxygens (including phenoxy) is 1. The van der Waals surface area contributed by atoms with Crippen molar-refractivity contribution in [3.05, 3.63) is 0 Å². The minimum Gasteiger partial charge on any atom is -0.465 e. The van der Waals surface area contributed by atoms with Gasteiger partial charge in [-0.3, -0.25) is 4.79 Å². The van der Waals surface area contributed by atoms with E-state index in [0.717, 1.165) is 17.4 Å². The largest absolute Gasteiger partial charge is 0.465 e. The molecule has 0 aromatic rings. The number of rotatable bonds is 8. The van der Waals surface area contributed by atoms with Crippen LogP contribution < -0.4 is 5.32 Å². The van der Waals surface area contributed by atoms with Gasteiger partial charge in [-0.15, -0.1) is 0 Å². The van der Waals surface area contributed by atoms with Crippen LogP contribution in [0.4, 0.5) is 0 Å². The quantitative estimate of drug-likeness (QED) is 0.695. The Labute approximate surface area is 121 Å². The summed E-state index contributed by atoms with van der Waals surface area (Å²) in [5.41, 5.74) is 0. The molecule has 0 spiro atoms. The fourth-order valence-electron chi connectivity index (χ4n) is 2.63. The molecule has 110 valence electrons. The fraction of sp³-hybridized carbons (Fsp3) is 0.933. The van der Waals surface area contributed by atoms with Crippen LogP contribution in [0.25, 0.3) is 0 Å². The molecular formula is C15H27NO2S. The standard InChI is InChI=1S/C15H27NO2S/c1-2-18-15(17)14(16-12-8-9-12)10-11-19-13-6-4-3-5-7-13/h12-14,16H,2-11H2,1H3. The Kier molecular flexibility index (Phi) is 6.51. The molecule has 0 bridgehead atoms. The van der Waals surface area contributed by atoms with Gasteiger partial charge in [0, 0.05) is 11.3 Å². The summed E-state index contributed by atoms with van der Waals surface area (Å²) in [6, 6.07) is 0.484. The molecule has 4 heteroatoms. The van der Waals surface area contributed by atoms with E-state index >= 15 is 0 Å². The third-order valence-corrected chi connectivity index (χ3v) is 5.31. The number of nitrogens with one attached hydrogen (secondary N) is 1. The molecule has 2 aliphatic carbocycles. The Hall–Kier alpha value is -0.220. The van der Waals surface area contributed by atoms with Gasteiger partial charge in [0.05, 0.1) is 6.61 Å². The molecular weight excluding hydrogens is 258 g/mol. The highest BCUT2D eigenvalue weighted by Crippen LogP contribution is 2.29. The lowest BCUT2D eigenvalue weighted by Crippen LogP contribution is -2.40. The topological polar surface area (TPSA) is 38.3 Å². The first-order valence-corrected chi connectivity index (χ1v) is 8.88. The smallest absolute Gasteiger partial charge is 0.323 e. The molecule has 2 saturated carbocycles. The minimum absolute atomic E-state index is 0.0568. The minimum atomic E-state index is -0.0801. The third-order valence-electron chi connectivity index (χ3n) is 3.90. The molecule has 2 fully saturated rings. The highest BCUT2D eigenvalue weighted by molar-refractivity contribution is 7.99. The van der Waals surface area contributed by atoms with Gasteiger partial charge in [0.2, 0.25) is 0 Å². The van der Waals surface area contributed by atoms with Crippen LogP contribution in [0, 0.1) is 0 Å². The molecule has 1 unspecified atom stereocenters. The molecule has 1 atom stereocenters. The molecule has 0 aromatic carbocycles. The molecule has 0 aromatic heterocycles. The van der Waals surface area contributed by atoms with E-state index in [1.54, 1.807) is 0 Å². The second kappa shape index (κ2) is 8.15. The van der Waals surface area contributed by atoms with Crippen LogP contribution in [0.3, 0.4) is 0 Å². The van der Waals surface area contributed by atoms with E-state index in [1.165, 1.54) is 44.9 Å². The summed E-state index contributed by atoms with van der Waals surface area (Å²) in [7, 11) is 0. The second-order valence-electron chi connectivity index (χ2n) is 5.67. The van der Waals surface area contributed by atoms with Crippen molar-refractivity contribution in [1.82, 2.24) is 5.32 Å². The lowest BCUT2D eigenvalue weighted by Gasteiger charge is -2.22. The van der Waals surface area contributed by atoms with Crippen molar-refractivity contribution in [2.75, 3.05) is 12.4 Å². The maximum Gasteiger partial charge on any atom is 0.323 e. The Morgan fingerprint density at radius 1 is 1.26 bits per heavy atom. The van der Waals surface area contributed by atoms with Crippen molar-refractivity contribution >= 4 is 17.7 Å². The summed E-state index contributed by atoms with van der Waals surface area (Å²) < 4.78 is 5.16. The van der Waals surface area contributed by atoms with Crippen LogP contribution in [0.1, 0.15) is 58.3 Å². The lowest BCUT2D eigenvalue weighted by molar-refractivity contribution is -0.145. The van der Waals surface area contributed by atoms with Gasteiger partial charge in [-0.25, -0.2) is 0 Å².